The second-order valence-corrected chi connectivity index (χ2v) is 2.87. The molecule has 0 aliphatic heterocycles. The summed E-state index contributed by atoms with van der Waals surface area (Å²) >= 11 is 0. The first-order valence-electron chi connectivity index (χ1n) is 4.34. The summed E-state index contributed by atoms with van der Waals surface area (Å²) in [5.74, 6) is -3.12. The van der Waals surface area contributed by atoms with E-state index in [0.717, 1.165) is 12.4 Å². The van der Waals surface area contributed by atoms with E-state index in [9.17, 15) is 9.59 Å². The van der Waals surface area contributed by atoms with Crippen LogP contribution in [0.4, 0.5) is 0 Å². The van der Waals surface area contributed by atoms with Gasteiger partial charge in [0.2, 0.25) is 0 Å². The molecule has 0 bridgehead atoms. The van der Waals surface area contributed by atoms with Gasteiger partial charge in [0.25, 0.3) is 0 Å². The van der Waals surface area contributed by atoms with E-state index in [1.165, 1.54) is 0 Å². The van der Waals surface area contributed by atoms with Crippen LogP contribution in [0.25, 0.3) is 0 Å². The number of rotatable bonds is 2. The zero-order chi connectivity index (χ0) is 13.7. The number of carboxylic acid groups (broad SMARTS) is 2. The Morgan fingerprint density at radius 3 is 1.32 bits per heavy atom. The average Bonchev–Trinajstić information content (AvgIpc) is 2.87. The van der Waals surface area contributed by atoms with Crippen LogP contribution in [-0.4, -0.2) is 52.8 Å². The first kappa shape index (κ1) is 16.9. The topological polar surface area (TPSA) is 172 Å². The number of nitrogens with one attached hydrogen (secondary N) is 2. The maximum Gasteiger partial charge on any atom is 0.357 e. The standard InChI is InChI=1S/2C4H4N2O3.Cd/c2*7-2-1-5-6-3(2)4(8)9;/h2*1,7H,(H,5,6)(H,8,9);. The predicted octanol–water partition coefficient (Wildman–Crippen LogP) is -0.376. The van der Waals surface area contributed by atoms with Gasteiger partial charge in [0, 0.05) is 27.3 Å². The fourth-order valence-corrected chi connectivity index (χ4v) is 0.874. The number of aromatic amines is 2. The second kappa shape index (κ2) is 7.35. The van der Waals surface area contributed by atoms with Crippen LogP contribution in [0.5, 0.6) is 11.5 Å². The van der Waals surface area contributed by atoms with Crippen LogP contribution in [0, 0.1) is 0 Å². The molecule has 2 aromatic heterocycles. The molecule has 0 atom stereocenters. The van der Waals surface area contributed by atoms with E-state index in [0.29, 0.717) is 0 Å². The molecule has 10 nitrogen and oxygen atoms in total. The molecule has 0 unspecified atom stereocenters. The van der Waals surface area contributed by atoms with Gasteiger partial charge in [-0.15, -0.1) is 0 Å². The number of aromatic hydroxyl groups is 2. The van der Waals surface area contributed by atoms with E-state index in [2.05, 4.69) is 20.4 Å². The molecule has 0 amide bonds. The van der Waals surface area contributed by atoms with Crippen molar-refractivity contribution in [3.05, 3.63) is 23.8 Å². The van der Waals surface area contributed by atoms with E-state index < -0.39 is 11.9 Å². The monoisotopic (exact) mass is 370 g/mol. The molecule has 2 heterocycles. The van der Waals surface area contributed by atoms with Crippen molar-refractivity contribution in [3.63, 3.8) is 0 Å². The first-order chi connectivity index (χ1) is 8.43. The minimum absolute atomic E-state index is 0. The van der Waals surface area contributed by atoms with Crippen molar-refractivity contribution in [1.82, 2.24) is 20.4 Å². The van der Waals surface area contributed by atoms with Gasteiger partial charge in [-0.2, -0.15) is 10.2 Å². The Morgan fingerprint density at radius 2 is 1.21 bits per heavy atom. The minimum Gasteiger partial charge on any atom is -0.504 e. The summed E-state index contributed by atoms with van der Waals surface area (Å²) in [6.07, 6.45) is 2.06. The van der Waals surface area contributed by atoms with Crippen molar-refractivity contribution in [1.29, 1.82) is 0 Å². The van der Waals surface area contributed by atoms with Gasteiger partial charge < -0.3 is 20.4 Å². The molecule has 2 aromatic rings. The molecule has 0 fully saturated rings. The van der Waals surface area contributed by atoms with Crippen molar-refractivity contribution in [2.75, 3.05) is 0 Å². The van der Waals surface area contributed by atoms with Gasteiger partial charge in [-0.25, -0.2) is 9.59 Å². The molecule has 0 aliphatic rings. The van der Waals surface area contributed by atoms with Crippen LogP contribution < -0.4 is 0 Å². The number of hydrogen-bond donors (Lipinski definition) is 6. The summed E-state index contributed by atoms with van der Waals surface area (Å²) in [6, 6.07) is 0. The molecule has 0 radical (unpaired) electrons. The van der Waals surface area contributed by atoms with Gasteiger partial charge in [-0.05, 0) is 0 Å². The molecular weight excluding hydrogens is 361 g/mol. The van der Waals surface area contributed by atoms with E-state index in [-0.39, 0.29) is 50.2 Å². The Kier molecular flexibility index (Phi) is 6.53. The predicted molar refractivity (Wildman–Crippen MR) is 54.4 cm³/mol. The fourth-order valence-electron chi connectivity index (χ4n) is 0.874. The van der Waals surface area contributed by atoms with E-state index >= 15 is 0 Å². The first-order valence-corrected chi connectivity index (χ1v) is 4.34. The van der Waals surface area contributed by atoms with E-state index in [4.69, 9.17) is 20.4 Å². The maximum atomic E-state index is 10.1. The quantitative estimate of drug-likeness (QED) is 0.389. The van der Waals surface area contributed by atoms with Crippen LogP contribution in [0.2, 0.25) is 0 Å². The van der Waals surface area contributed by atoms with Crippen LogP contribution in [0.15, 0.2) is 12.4 Å². The Labute approximate surface area is 125 Å². The normalized spacial score (nSPS) is 8.84. The molecule has 98 valence electrons. The molecule has 19 heavy (non-hydrogen) atoms. The summed E-state index contributed by atoms with van der Waals surface area (Å²) in [5, 5.41) is 44.5. The third kappa shape index (κ3) is 4.57. The summed E-state index contributed by atoms with van der Waals surface area (Å²) in [7, 11) is 0. The van der Waals surface area contributed by atoms with E-state index in [1.54, 1.807) is 0 Å². The summed E-state index contributed by atoms with van der Waals surface area (Å²) < 4.78 is 0. The molecular formula is C8H8CdN4O6. The molecule has 0 aliphatic carbocycles. The van der Waals surface area contributed by atoms with Gasteiger partial charge >= 0.3 is 11.9 Å². The number of carboxylic acids is 2. The van der Waals surface area contributed by atoms with Gasteiger partial charge in [-0.1, -0.05) is 0 Å². The zero-order valence-electron chi connectivity index (χ0n) is 9.36. The number of H-pyrrole nitrogens is 2. The van der Waals surface area contributed by atoms with E-state index in [1.807, 2.05) is 0 Å². The maximum absolute atomic E-state index is 10.1. The Balaban J connectivity index is 0.000000324. The number of carbonyl (C=O) groups is 2. The van der Waals surface area contributed by atoms with Gasteiger partial charge in [0.05, 0.1) is 12.4 Å². The van der Waals surface area contributed by atoms with Crippen molar-refractivity contribution < 1.29 is 57.3 Å². The number of aromatic nitrogens is 4. The third-order valence-electron chi connectivity index (χ3n) is 1.67. The van der Waals surface area contributed by atoms with Crippen molar-refractivity contribution in [2.45, 2.75) is 0 Å². The minimum atomic E-state index is -1.22. The van der Waals surface area contributed by atoms with Crippen LogP contribution >= 0.6 is 0 Å². The average molecular weight is 369 g/mol. The molecule has 0 spiro atoms. The molecule has 0 saturated carbocycles. The largest absolute Gasteiger partial charge is 0.504 e. The Bertz CT molecular complexity index is 515. The van der Waals surface area contributed by atoms with Gasteiger partial charge in [-0.3, -0.25) is 10.2 Å². The van der Waals surface area contributed by atoms with Crippen molar-refractivity contribution in [3.8, 4) is 11.5 Å². The van der Waals surface area contributed by atoms with Crippen molar-refractivity contribution >= 4 is 11.9 Å². The van der Waals surface area contributed by atoms with Gasteiger partial charge in [0.15, 0.2) is 22.9 Å². The number of aromatic carboxylic acids is 2. The zero-order valence-corrected chi connectivity index (χ0v) is 13.4. The second-order valence-electron chi connectivity index (χ2n) is 2.87. The Hall–Kier alpha value is -2.12. The summed E-state index contributed by atoms with van der Waals surface area (Å²) in [4.78, 5) is 20.1. The van der Waals surface area contributed by atoms with Crippen LogP contribution in [0.3, 0.4) is 0 Å². The molecule has 2 rings (SSSR count). The van der Waals surface area contributed by atoms with Crippen molar-refractivity contribution in [2.24, 2.45) is 0 Å². The fraction of sp³-hybridized carbons (Fsp3) is 0. The molecule has 6 N–H and O–H groups in total. The molecule has 0 saturated heterocycles. The third-order valence-corrected chi connectivity index (χ3v) is 1.67. The van der Waals surface area contributed by atoms with Crippen LogP contribution in [-0.2, 0) is 27.3 Å². The SMILES string of the molecule is O=C(O)c1[nH]ncc1O.O=C(O)c1[nH]ncc1O.[Cd]. The molecule has 11 heteroatoms. The summed E-state index contributed by atoms with van der Waals surface area (Å²) in [5.41, 5.74) is -0.565. The van der Waals surface area contributed by atoms with Crippen LogP contribution in [0.1, 0.15) is 21.0 Å². The number of nitrogens with zero attached hydrogens (tertiary/aromatic N) is 2. The smallest absolute Gasteiger partial charge is 0.357 e. The van der Waals surface area contributed by atoms with Gasteiger partial charge in [0.1, 0.15) is 0 Å². The number of hydrogen-bond acceptors (Lipinski definition) is 6. The summed E-state index contributed by atoms with van der Waals surface area (Å²) in [6.45, 7) is 0. The molecule has 0 aromatic carbocycles. The Morgan fingerprint density at radius 1 is 0.895 bits per heavy atom.